The van der Waals surface area contributed by atoms with E-state index in [0.717, 1.165) is 18.5 Å². The fraction of sp³-hybridized carbons (Fsp3) is 0.571. The molecule has 2 rings (SSSR count). The van der Waals surface area contributed by atoms with Crippen molar-refractivity contribution in [3.8, 4) is 0 Å². The van der Waals surface area contributed by atoms with Gasteiger partial charge in [-0.05, 0) is 31.4 Å². The van der Waals surface area contributed by atoms with E-state index < -0.39 is 0 Å². The van der Waals surface area contributed by atoms with Crippen molar-refractivity contribution < 1.29 is 5.11 Å². The zero-order valence-electron chi connectivity index (χ0n) is 10.6. The Morgan fingerprint density at radius 3 is 2.53 bits per heavy atom. The van der Waals surface area contributed by atoms with E-state index in [1.807, 2.05) is 0 Å². The van der Waals surface area contributed by atoms with Crippen molar-refractivity contribution in [3.05, 3.63) is 35.4 Å². The van der Waals surface area contributed by atoms with Crippen molar-refractivity contribution in [1.82, 2.24) is 4.90 Å². The Labute approximate surface area is 103 Å². The van der Waals surface area contributed by atoms with Crippen LogP contribution in [0.4, 0.5) is 0 Å². The van der Waals surface area contributed by atoms with E-state index in [2.05, 4.69) is 43.0 Å². The average molecular weight is 234 g/mol. The van der Waals surface area contributed by atoms with Crippen LogP contribution < -0.4 is 5.73 Å². The largest absolute Gasteiger partial charge is 0.391 e. The summed E-state index contributed by atoms with van der Waals surface area (Å²) in [6, 6.07) is 8.90. The zero-order chi connectivity index (χ0) is 12.4. The number of nitrogens with two attached hydrogens (primary N) is 1. The monoisotopic (exact) mass is 234 g/mol. The molecule has 3 heteroatoms. The van der Waals surface area contributed by atoms with Crippen LogP contribution in [0.3, 0.4) is 0 Å². The highest BCUT2D eigenvalue weighted by atomic mass is 16.3. The highest BCUT2D eigenvalue weighted by Crippen LogP contribution is 2.33. The Hall–Kier alpha value is -0.900. The summed E-state index contributed by atoms with van der Waals surface area (Å²) in [7, 11) is 0. The average Bonchev–Trinajstić information content (AvgIpc) is 2.71. The van der Waals surface area contributed by atoms with E-state index >= 15 is 0 Å². The van der Waals surface area contributed by atoms with Gasteiger partial charge in [0.25, 0.3) is 0 Å². The summed E-state index contributed by atoms with van der Waals surface area (Å²) in [5.41, 5.74) is 7.93. The van der Waals surface area contributed by atoms with Crippen LogP contribution in [0.1, 0.15) is 37.4 Å². The number of hydrogen-bond donors (Lipinski definition) is 2. The second kappa shape index (κ2) is 5.17. The van der Waals surface area contributed by atoms with Crippen LogP contribution >= 0.6 is 0 Å². The van der Waals surface area contributed by atoms with E-state index in [0.29, 0.717) is 12.6 Å². The second-order valence-electron chi connectivity index (χ2n) is 5.08. The molecule has 3 N–H and O–H groups in total. The lowest BCUT2D eigenvalue weighted by atomic mass is 10.00. The molecule has 17 heavy (non-hydrogen) atoms. The van der Waals surface area contributed by atoms with Crippen molar-refractivity contribution in [2.75, 3.05) is 6.54 Å². The van der Waals surface area contributed by atoms with Crippen LogP contribution in [-0.2, 0) is 6.54 Å². The molecule has 2 unspecified atom stereocenters. The van der Waals surface area contributed by atoms with Gasteiger partial charge in [0.05, 0.1) is 12.1 Å². The molecule has 1 aromatic rings. The van der Waals surface area contributed by atoms with Crippen LogP contribution in [0.25, 0.3) is 0 Å². The highest BCUT2D eigenvalue weighted by molar-refractivity contribution is 5.26. The summed E-state index contributed by atoms with van der Waals surface area (Å²) >= 11 is 0. The number of hydrogen-bond acceptors (Lipinski definition) is 3. The maximum Gasteiger partial charge on any atom is 0.0749 e. The number of likely N-dealkylation sites (tertiary alicyclic amines) is 1. The summed E-state index contributed by atoms with van der Waals surface area (Å²) in [4.78, 5) is 2.36. The maximum absolute atomic E-state index is 10.1. The van der Waals surface area contributed by atoms with Crippen molar-refractivity contribution in [2.24, 2.45) is 5.73 Å². The van der Waals surface area contributed by atoms with Crippen LogP contribution in [0.15, 0.2) is 24.3 Å². The summed E-state index contributed by atoms with van der Waals surface area (Å²) in [5, 5.41) is 10.1. The molecule has 3 nitrogen and oxygen atoms in total. The van der Waals surface area contributed by atoms with E-state index in [9.17, 15) is 5.11 Å². The molecule has 0 aromatic heterocycles. The molecule has 1 fully saturated rings. The molecule has 2 atom stereocenters. The van der Waals surface area contributed by atoms with Crippen LogP contribution in [-0.4, -0.2) is 28.7 Å². The van der Waals surface area contributed by atoms with Gasteiger partial charge < -0.3 is 10.8 Å². The van der Waals surface area contributed by atoms with E-state index in [1.165, 1.54) is 5.56 Å². The van der Waals surface area contributed by atoms with Crippen molar-refractivity contribution in [1.29, 1.82) is 0 Å². The highest BCUT2D eigenvalue weighted by Gasteiger charge is 2.35. The third kappa shape index (κ3) is 2.51. The number of benzene rings is 1. The molecule has 0 spiro atoms. The van der Waals surface area contributed by atoms with Crippen molar-refractivity contribution in [3.63, 3.8) is 0 Å². The number of nitrogens with zero attached hydrogens (tertiary/aromatic N) is 1. The molecule has 1 saturated heterocycles. The molecular weight excluding hydrogens is 212 g/mol. The predicted octanol–water partition coefficient (Wildman–Crippen LogP) is 1.66. The molecule has 0 saturated carbocycles. The van der Waals surface area contributed by atoms with Gasteiger partial charge in [0, 0.05) is 19.1 Å². The maximum atomic E-state index is 10.1. The Kier molecular flexibility index (Phi) is 3.82. The summed E-state index contributed by atoms with van der Waals surface area (Å²) < 4.78 is 0. The Bertz CT molecular complexity index is 361. The fourth-order valence-corrected chi connectivity index (χ4v) is 2.64. The molecule has 1 heterocycles. The molecule has 1 aliphatic heterocycles. The first-order valence-corrected chi connectivity index (χ1v) is 6.36. The zero-order valence-corrected chi connectivity index (χ0v) is 10.6. The first kappa shape index (κ1) is 12.6. The molecule has 0 radical (unpaired) electrons. The normalized spacial score (nSPS) is 25.7. The number of aliphatic hydroxyl groups is 1. The Morgan fingerprint density at radius 1 is 1.35 bits per heavy atom. The first-order valence-electron chi connectivity index (χ1n) is 6.36. The van der Waals surface area contributed by atoms with Crippen molar-refractivity contribution in [2.45, 2.75) is 45.0 Å². The lowest BCUT2D eigenvalue weighted by Crippen LogP contribution is -2.33. The van der Waals surface area contributed by atoms with E-state index in [-0.39, 0.29) is 12.1 Å². The lowest BCUT2D eigenvalue weighted by molar-refractivity contribution is 0.101. The lowest BCUT2D eigenvalue weighted by Gasteiger charge is -2.30. The van der Waals surface area contributed by atoms with Gasteiger partial charge in [0.15, 0.2) is 0 Å². The third-order valence-electron chi connectivity index (χ3n) is 3.63. The van der Waals surface area contributed by atoms with Gasteiger partial charge >= 0.3 is 0 Å². The van der Waals surface area contributed by atoms with Crippen molar-refractivity contribution >= 4 is 0 Å². The summed E-state index contributed by atoms with van der Waals surface area (Å²) in [6.07, 6.45) is 0.614. The first-order chi connectivity index (χ1) is 8.13. The fourth-order valence-electron chi connectivity index (χ4n) is 2.64. The minimum Gasteiger partial charge on any atom is -0.391 e. The standard InChI is InChI=1S/C14H22N2O/c1-10(2)16-8-7-13(17)14(16)12-5-3-11(9-15)4-6-12/h3-6,10,13-14,17H,7-9,15H2,1-2H3. The molecule has 94 valence electrons. The van der Waals surface area contributed by atoms with Gasteiger partial charge in [-0.25, -0.2) is 0 Å². The van der Waals surface area contributed by atoms with E-state index in [1.54, 1.807) is 0 Å². The summed E-state index contributed by atoms with van der Waals surface area (Å²) in [6.45, 7) is 5.90. The van der Waals surface area contributed by atoms with Crippen LogP contribution in [0.2, 0.25) is 0 Å². The SMILES string of the molecule is CC(C)N1CCC(O)C1c1ccc(CN)cc1. The van der Waals surface area contributed by atoms with Gasteiger partial charge in [0.1, 0.15) is 0 Å². The minimum atomic E-state index is -0.249. The number of rotatable bonds is 3. The third-order valence-corrected chi connectivity index (χ3v) is 3.63. The quantitative estimate of drug-likeness (QED) is 0.836. The molecular formula is C14H22N2O. The van der Waals surface area contributed by atoms with Gasteiger partial charge in [-0.3, -0.25) is 4.90 Å². The molecule has 0 aliphatic carbocycles. The Balaban J connectivity index is 2.23. The van der Waals surface area contributed by atoms with Crippen LogP contribution in [0, 0.1) is 0 Å². The molecule has 1 aliphatic rings. The smallest absolute Gasteiger partial charge is 0.0749 e. The minimum absolute atomic E-state index is 0.141. The Morgan fingerprint density at radius 2 is 2.00 bits per heavy atom. The second-order valence-corrected chi connectivity index (χ2v) is 5.08. The number of aliphatic hydroxyl groups excluding tert-OH is 1. The molecule has 1 aromatic carbocycles. The van der Waals surface area contributed by atoms with Gasteiger partial charge in [-0.1, -0.05) is 24.3 Å². The predicted molar refractivity (Wildman–Crippen MR) is 69.5 cm³/mol. The molecule has 0 bridgehead atoms. The van der Waals surface area contributed by atoms with Gasteiger partial charge in [-0.15, -0.1) is 0 Å². The van der Waals surface area contributed by atoms with Gasteiger partial charge in [-0.2, -0.15) is 0 Å². The van der Waals surface area contributed by atoms with Gasteiger partial charge in [0.2, 0.25) is 0 Å². The van der Waals surface area contributed by atoms with E-state index in [4.69, 9.17) is 5.73 Å². The summed E-state index contributed by atoms with van der Waals surface area (Å²) in [5.74, 6) is 0. The van der Waals surface area contributed by atoms with Crippen LogP contribution in [0.5, 0.6) is 0 Å². The molecule has 0 amide bonds. The topological polar surface area (TPSA) is 49.5 Å².